The van der Waals surface area contributed by atoms with Crippen molar-refractivity contribution < 1.29 is 38.4 Å². The van der Waals surface area contributed by atoms with Crippen LogP contribution in [0.25, 0.3) is 5.69 Å². The monoisotopic (exact) mass is 758 g/mol. The van der Waals surface area contributed by atoms with Crippen molar-refractivity contribution in [3.05, 3.63) is 122 Å². The van der Waals surface area contributed by atoms with Gasteiger partial charge in [0.2, 0.25) is 6.29 Å². The molecule has 2 N–H and O–H groups in total. The number of aryl methyl sites for hydroxylation is 1. The van der Waals surface area contributed by atoms with Crippen molar-refractivity contribution in [1.29, 1.82) is 0 Å². The van der Waals surface area contributed by atoms with Gasteiger partial charge in [0.05, 0.1) is 48.9 Å². The number of ether oxygens (including phenoxy) is 4. The molecule has 2 aliphatic heterocycles. The Morgan fingerprint density at radius 1 is 0.926 bits per heavy atom. The van der Waals surface area contributed by atoms with Gasteiger partial charge in [0.15, 0.2) is 5.76 Å². The fraction of sp³-hybridized carbons (Fsp3) is 0.350. The maximum absolute atomic E-state index is 14.3. The van der Waals surface area contributed by atoms with Crippen molar-refractivity contribution in [3.8, 4) is 5.69 Å². The molecule has 4 aromatic rings. The van der Waals surface area contributed by atoms with E-state index in [1.165, 1.54) is 12.1 Å². The zero-order valence-corrected chi connectivity index (χ0v) is 31.3. The standard InChI is InChI=1S/C40H43ClN4O9/c1-5-53-40-30(15-17-51-19-20-52-18-16-46)31(35-25(3)43(4)45(39(35)50)28-9-7-6-8-10-28)23-34(54-40)36(47)42-27-12-14-33(24(2)21-27)44-37(48)29-13-11-26(41)22-32(29)38(44)49/h6-14,21-23,30-31,40,46H,5,15-20H2,1-4H3,(H,42,47)/t30-,31-,40+/m0/s1. The summed E-state index contributed by atoms with van der Waals surface area (Å²) in [6, 6.07) is 18.7. The highest BCUT2D eigenvalue weighted by Crippen LogP contribution is 2.40. The first-order valence-corrected chi connectivity index (χ1v) is 18.1. The quantitative estimate of drug-likeness (QED) is 0.122. The molecular weight excluding hydrogens is 716 g/mol. The van der Waals surface area contributed by atoms with Gasteiger partial charge in [-0.25, -0.2) is 9.58 Å². The summed E-state index contributed by atoms with van der Waals surface area (Å²) in [5.41, 5.74) is 3.51. The van der Waals surface area contributed by atoms with Crippen molar-refractivity contribution in [1.82, 2.24) is 9.36 Å². The van der Waals surface area contributed by atoms with E-state index in [2.05, 4.69) is 5.32 Å². The van der Waals surface area contributed by atoms with Gasteiger partial charge >= 0.3 is 0 Å². The molecule has 13 nitrogen and oxygen atoms in total. The van der Waals surface area contributed by atoms with Gasteiger partial charge in [0.1, 0.15) is 0 Å². The number of fused-ring (bicyclic) bond motifs is 1. The Morgan fingerprint density at radius 2 is 1.65 bits per heavy atom. The number of anilines is 2. The third kappa shape index (κ3) is 7.77. The van der Waals surface area contributed by atoms with Crippen LogP contribution in [0, 0.1) is 19.8 Å². The molecular formula is C40H43ClN4O9. The van der Waals surface area contributed by atoms with E-state index >= 15 is 0 Å². The predicted octanol–water partition coefficient (Wildman–Crippen LogP) is 5.28. The Kier molecular flexibility index (Phi) is 12.1. The lowest BCUT2D eigenvalue weighted by Crippen LogP contribution is -2.39. The fourth-order valence-corrected chi connectivity index (χ4v) is 7.13. The number of carbonyl (C=O) groups is 3. The van der Waals surface area contributed by atoms with Crippen molar-refractivity contribution >= 4 is 40.7 Å². The van der Waals surface area contributed by atoms with Gasteiger partial charge in [-0.1, -0.05) is 29.8 Å². The van der Waals surface area contributed by atoms with Gasteiger partial charge in [0, 0.05) is 54.1 Å². The molecule has 284 valence electrons. The number of rotatable bonds is 15. The van der Waals surface area contributed by atoms with Crippen molar-refractivity contribution in [2.75, 3.05) is 49.9 Å². The summed E-state index contributed by atoms with van der Waals surface area (Å²) in [4.78, 5) is 55.7. The molecule has 1 aromatic heterocycles. The van der Waals surface area contributed by atoms with Gasteiger partial charge in [0.25, 0.3) is 23.3 Å². The molecule has 0 saturated carbocycles. The van der Waals surface area contributed by atoms with Crippen molar-refractivity contribution in [2.24, 2.45) is 13.0 Å². The fourth-order valence-electron chi connectivity index (χ4n) is 6.96. The number of aromatic nitrogens is 2. The highest BCUT2D eigenvalue weighted by molar-refractivity contribution is 6.37. The average molecular weight is 759 g/mol. The second-order valence-corrected chi connectivity index (χ2v) is 13.4. The summed E-state index contributed by atoms with van der Waals surface area (Å²) in [6.07, 6.45) is 1.21. The zero-order valence-electron chi connectivity index (χ0n) is 30.5. The van der Waals surface area contributed by atoms with Gasteiger partial charge in [-0.2, -0.15) is 0 Å². The van der Waals surface area contributed by atoms with Crippen LogP contribution in [0.5, 0.6) is 0 Å². The summed E-state index contributed by atoms with van der Waals surface area (Å²) in [7, 11) is 1.82. The maximum Gasteiger partial charge on any atom is 0.290 e. The van der Waals surface area contributed by atoms with Gasteiger partial charge in [-0.15, -0.1) is 0 Å². The number of aliphatic hydroxyl groups is 1. The van der Waals surface area contributed by atoms with Gasteiger partial charge < -0.3 is 29.4 Å². The van der Waals surface area contributed by atoms with Crippen LogP contribution in [-0.4, -0.2) is 78.1 Å². The molecule has 6 rings (SSSR count). The molecule has 0 fully saturated rings. The molecule has 0 saturated heterocycles. The lowest BCUT2D eigenvalue weighted by atomic mass is 9.81. The van der Waals surface area contributed by atoms with E-state index in [1.807, 2.05) is 51.2 Å². The van der Waals surface area contributed by atoms with E-state index in [0.29, 0.717) is 65.1 Å². The molecule has 0 unspecified atom stereocenters. The number of nitrogens with one attached hydrogen (secondary N) is 1. The van der Waals surface area contributed by atoms with Crippen LogP contribution in [0.15, 0.2) is 83.4 Å². The highest BCUT2D eigenvalue weighted by atomic mass is 35.5. The summed E-state index contributed by atoms with van der Waals surface area (Å²) in [5.74, 6) is -2.54. The number of carbonyl (C=O) groups excluding carboxylic acids is 3. The topological polar surface area (TPSA) is 151 Å². The Labute approximate surface area is 317 Å². The lowest BCUT2D eigenvalue weighted by Gasteiger charge is -2.36. The molecule has 3 heterocycles. The molecule has 3 aromatic carbocycles. The molecule has 54 heavy (non-hydrogen) atoms. The summed E-state index contributed by atoms with van der Waals surface area (Å²) in [5, 5.41) is 12.2. The number of nitrogens with zero attached hydrogens (tertiary/aromatic N) is 3. The largest absolute Gasteiger partial charge is 0.459 e. The molecule has 3 atom stereocenters. The van der Waals surface area contributed by atoms with Crippen LogP contribution >= 0.6 is 11.6 Å². The maximum atomic E-state index is 14.3. The van der Waals surface area contributed by atoms with Gasteiger partial charge in [-0.05, 0) is 87.4 Å². The van der Waals surface area contributed by atoms with Crippen LogP contribution in [0.2, 0.25) is 5.02 Å². The minimum Gasteiger partial charge on any atom is -0.459 e. The second-order valence-electron chi connectivity index (χ2n) is 13.0. The zero-order chi connectivity index (χ0) is 38.5. The van der Waals surface area contributed by atoms with Crippen LogP contribution in [-0.2, 0) is 30.8 Å². The summed E-state index contributed by atoms with van der Waals surface area (Å²) >= 11 is 6.09. The Hall–Kier alpha value is -5.05. The normalized spacial score (nSPS) is 18.1. The number of allylic oxidation sites excluding steroid dienone is 1. The molecule has 0 spiro atoms. The first-order valence-electron chi connectivity index (χ1n) is 17.8. The number of hydrogen-bond acceptors (Lipinski definition) is 9. The lowest BCUT2D eigenvalue weighted by molar-refractivity contribution is -0.166. The van der Waals surface area contributed by atoms with E-state index < -0.39 is 35.8 Å². The number of para-hydroxylation sites is 1. The summed E-state index contributed by atoms with van der Waals surface area (Å²) < 4.78 is 26.9. The predicted molar refractivity (Wildman–Crippen MR) is 202 cm³/mol. The minimum absolute atomic E-state index is 0.0270. The molecule has 0 bridgehead atoms. The molecule has 2 aliphatic rings. The SMILES string of the molecule is CCO[C@@H]1OC(C(=O)Nc2ccc(N3C(=O)c4ccc(Cl)cc4C3=O)c(C)c2)=C[C@H](c2c(C)n(C)n(-c3ccccc3)c2=O)[C@@H]1CCOCCOCCO. The summed E-state index contributed by atoms with van der Waals surface area (Å²) in [6.45, 7) is 6.79. The number of imide groups is 1. The number of amides is 3. The molecule has 3 amide bonds. The third-order valence-corrected chi connectivity index (χ3v) is 9.85. The van der Waals surface area contributed by atoms with Crippen LogP contribution in [0.4, 0.5) is 11.4 Å². The molecule has 0 radical (unpaired) electrons. The van der Waals surface area contributed by atoms with E-state index in [-0.39, 0.29) is 42.3 Å². The Bertz CT molecular complexity index is 2130. The Morgan fingerprint density at radius 3 is 2.35 bits per heavy atom. The van der Waals surface area contributed by atoms with Crippen molar-refractivity contribution in [2.45, 2.75) is 39.4 Å². The average Bonchev–Trinajstić information content (AvgIpc) is 3.53. The highest BCUT2D eigenvalue weighted by Gasteiger charge is 2.41. The first-order chi connectivity index (χ1) is 26.0. The molecule has 14 heteroatoms. The van der Waals surface area contributed by atoms with Crippen LogP contribution in [0.3, 0.4) is 0 Å². The number of halogens is 1. The van der Waals surface area contributed by atoms with E-state index in [9.17, 15) is 19.2 Å². The van der Waals surface area contributed by atoms with Gasteiger partial charge in [-0.3, -0.25) is 23.9 Å². The third-order valence-electron chi connectivity index (χ3n) is 9.62. The minimum atomic E-state index is -0.893. The van der Waals surface area contributed by atoms with E-state index in [4.69, 9.17) is 35.7 Å². The number of benzene rings is 3. The second kappa shape index (κ2) is 17.0. The number of hydrogen-bond donors (Lipinski definition) is 2. The van der Waals surface area contributed by atoms with E-state index in [1.54, 1.807) is 46.6 Å². The van der Waals surface area contributed by atoms with E-state index in [0.717, 1.165) is 4.90 Å². The number of aliphatic hydroxyl groups excluding tert-OH is 1. The molecule has 0 aliphatic carbocycles. The van der Waals surface area contributed by atoms with Crippen LogP contribution in [0.1, 0.15) is 56.8 Å². The first kappa shape index (κ1) is 38.7. The van der Waals surface area contributed by atoms with Crippen LogP contribution < -0.4 is 15.8 Å². The Balaban J connectivity index is 1.30. The smallest absolute Gasteiger partial charge is 0.290 e. The van der Waals surface area contributed by atoms with Crippen molar-refractivity contribution in [3.63, 3.8) is 0 Å².